The van der Waals surface area contributed by atoms with Crippen LogP contribution in [0.4, 0.5) is 0 Å². The van der Waals surface area contributed by atoms with E-state index in [1.807, 2.05) is 24.3 Å². The molecule has 0 bridgehead atoms. The predicted molar refractivity (Wildman–Crippen MR) is 92.2 cm³/mol. The molecule has 4 heteroatoms. The Balaban J connectivity index is 2.14. The Labute approximate surface area is 136 Å². The predicted octanol–water partition coefficient (Wildman–Crippen LogP) is 4.15. The normalized spacial score (nSPS) is 26.5. The maximum Gasteiger partial charge on any atom is 0.0509 e. The lowest BCUT2D eigenvalue weighted by Crippen LogP contribution is -2.54. The average Bonchev–Trinajstić information content (AvgIpc) is 2.43. The quantitative estimate of drug-likeness (QED) is 0.880. The van der Waals surface area contributed by atoms with Crippen molar-refractivity contribution in [2.45, 2.75) is 57.1 Å². The van der Waals surface area contributed by atoms with Crippen molar-refractivity contribution in [3.8, 4) is 0 Å². The van der Waals surface area contributed by atoms with Crippen LogP contribution < -0.4 is 5.32 Å². The summed E-state index contributed by atoms with van der Waals surface area (Å²) >= 11 is 6.21. The smallest absolute Gasteiger partial charge is 0.0509 e. The second-order valence-corrected chi connectivity index (χ2v) is 8.63. The molecule has 0 heterocycles. The van der Waals surface area contributed by atoms with E-state index in [1.165, 1.54) is 6.42 Å². The van der Waals surface area contributed by atoms with Gasteiger partial charge in [-0.05, 0) is 36.4 Å². The zero-order valence-electron chi connectivity index (χ0n) is 13.2. The lowest BCUT2D eigenvalue weighted by molar-refractivity contribution is 0.174. The van der Waals surface area contributed by atoms with Crippen LogP contribution in [-0.4, -0.2) is 22.0 Å². The topological polar surface area (TPSA) is 29.1 Å². The third-order valence-corrected chi connectivity index (χ3v) is 6.69. The molecule has 0 saturated heterocycles. The molecular weight excluding hydrogens is 302 g/mol. The molecule has 0 spiro atoms. The van der Waals surface area contributed by atoms with Crippen LogP contribution in [0, 0.1) is 5.41 Å². The van der Waals surface area contributed by atoms with Gasteiger partial charge in [-0.15, -0.1) is 0 Å². The van der Waals surface area contributed by atoms with Gasteiger partial charge in [0.05, 0.1) is 11.0 Å². The van der Waals surface area contributed by atoms with Gasteiger partial charge in [-0.3, -0.25) is 4.21 Å². The van der Waals surface area contributed by atoms with Crippen LogP contribution in [0.15, 0.2) is 24.3 Å². The van der Waals surface area contributed by atoms with Gasteiger partial charge in [-0.1, -0.05) is 57.0 Å². The van der Waals surface area contributed by atoms with E-state index in [-0.39, 0.29) is 10.7 Å². The summed E-state index contributed by atoms with van der Waals surface area (Å²) in [5.74, 6) is 0.558. The van der Waals surface area contributed by atoms with E-state index in [4.69, 9.17) is 11.6 Å². The molecule has 0 aliphatic heterocycles. The number of benzene rings is 1. The zero-order valence-corrected chi connectivity index (χ0v) is 14.8. The van der Waals surface area contributed by atoms with E-state index in [0.29, 0.717) is 11.8 Å². The number of rotatable bonds is 5. The van der Waals surface area contributed by atoms with Crippen LogP contribution in [0.5, 0.6) is 0 Å². The molecule has 0 aromatic heterocycles. The molecule has 1 aliphatic carbocycles. The Morgan fingerprint density at radius 2 is 2.10 bits per heavy atom. The van der Waals surface area contributed by atoms with Gasteiger partial charge in [0.2, 0.25) is 0 Å². The molecule has 0 amide bonds. The van der Waals surface area contributed by atoms with Gasteiger partial charge in [-0.25, -0.2) is 0 Å². The Morgan fingerprint density at radius 1 is 1.38 bits per heavy atom. The molecule has 1 aromatic carbocycles. The van der Waals surface area contributed by atoms with Crippen LogP contribution in [-0.2, 0) is 16.6 Å². The van der Waals surface area contributed by atoms with E-state index in [9.17, 15) is 4.21 Å². The first kappa shape index (κ1) is 17.0. The molecule has 21 heavy (non-hydrogen) atoms. The van der Waals surface area contributed by atoms with Crippen molar-refractivity contribution < 1.29 is 4.21 Å². The molecule has 1 fully saturated rings. The maximum atomic E-state index is 12.9. The van der Waals surface area contributed by atoms with E-state index in [1.54, 1.807) is 0 Å². The Kier molecular flexibility index (Phi) is 5.87. The van der Waals surface area contributed by atoms with Gasteiger partial charge >= 0.3 is 0 Å². The van der Waals surface area contributed by atoms with Crippen molar-refractivity contribution in [1.29, 1.82) is 0 Å². The molecule has 2 nitrogen and oxygen atoms in total. The van der Waals surface area contributed by atoms with E-state index in [2.05, 4.69) is 26.1 Å². The first-order valence-electron chi connectivity index (χ1n) is 7.79. The fourth-order valence-corrected chi connectivity index (χ4v) is 5.62. The van der Waals surface area contributed by atoms with Crippen molar-refractivity contribution >= 4 is 22.4 Å². The molecule has 118 valence electrons. The molecule has 1 N–H and O–H groups in total. The highest BCUT2D eigenvalue weighted by atomic mass is 35.5. The summed E-state index contributed by atoms with van der Waals surface area (Å²) in [5.41, 5.74) is 1.20. The highest BCUT2D eigenvalue weighted by Crippen LogP contribution is 2.38. The summed E-state index contributed by atoms with van der Waals surface area (Å²) < 4.78 is 12.9. The summed E-state index contributed by atoms with van der Waals surface area (Å²) in [6.07, 6.45) is 3.40. The summed E-state index contributed by atoms with van der Waals surface area (Å²) in [6, 6.07) is 8.06. The van der Waals surface area contributed by atoms with Gasteiger partial charge in [0.1, 0.15) is 0 Å². The van der Waals surface area contributed by atoms with Crippen LogP contribution in [0.3, 0.4) is 0 Å². The number of halogens is 1. The fraction of sp³-hybridized carbons (Fsp3) is 0.647. The molecule has 3 unspecified atom stereocenters. The van der Waals surface area contributed by atoms with Gasteiger partial charge < -0.3 is 5.32 Å². The Bertz CT molecular complexity index is 503. The lowest BCUT2D eigenvalue weighted by atomic mass is 9.73. The number of hydrogen-bond donors (Lipinski definition) is 1. The minimum Gasteiger partial charge on any atom is -0.313 e. The standard InChI is InChI=1S/C17H26ClNOS/c1-4-19-16-15(10-7-11-17(16,2)3)21(20)12-13-8-5-6-9-14(13)18/h5-6,8-9,15-16,19H,4,7,10-12H2,1-3H3. The highest BCUT2D eigenvalue weighted by molar-refractivity contribution is 7.84. The van der Waals surface area contributed by atoms with Crippen molar-refractivity contribution in [2.75, 3.05) is 6.54 Å². The van der Waals surface area contributed by atoms with Crippen molar-refractivity contribution in [3.05, 3.63) is 34.9 Å². The molecular formula is C17H26ClNOS. The first-order valence-corrected chi connectivity index (χ1v) is 9.55. The SMILES string of the molecule is CCNC1C(S(=O)Cc2ccccc2Cl)CCCC1(C)C. The van der Waals surface area contributed by atoms with E-state index < -0.39 is 10.8 Å². The fourth-order valence-electron chi connectivity index (χ4n) is 3.37. The Morgan fingerprint density at radius 3 is 2.76 bits per heavy atom. The second-order valence-electron chi connectivity index (χ2n) is 6.57. The third-order valence-electron chi connectivity index (χ3n) is 4.54. The molecule has 3 atom stereocenters. The third kappa shape index (κ3) is 4.08. The van der Waals surface area contributed by atoms with Gasteiger partial charge in [0.15, 0.2) is 0 Å². The minimum atomic E-state index is -0.893. The van der Waals surface area contributed by atoms with E-state index in [0.717, 1.165) is 30.0 Å². The summed E-state index contributed by atoms with van der Waals surface area (Å²) in [5, 5.41) is 4.52. The summed E-state index contributed by atoms with van der Waals surface area (Å²) in [7, 11) is -0.893. The molecule has 1 aromatic rings. The lowest BCUT2D eigenvalue weighted by Gasteiger charge is -2.44. The van der Waals surface area contributed by atoms with Crippen LogP contribution in [0.1, 0.15) is 45.6 Å². The van der Waals surface area contributed by atoms with Gasteiger partial charge in [0.25, 0.3) is 0 Å². The first-order chi connectivity index (χ1) is 9.95. The van der Waals surface area contributed by atoms with Crippen molar-refractivity contribution in [2.24, 2.45) is 5.41 Å². The van der Waals surface area contributed by atoms with Crippen LogP contribution in [0.2, 0.25) is 5.02 Å². The van der Waals surface area contributed by atoms with E-state index >= 15 is 0 Å². The molecule has 2 rings (SSSR count). The summed E-state index contributed by atoms with van der Waals surface area (Å²) in [6.45, 7) is 7.63. The number of nitrogens with one attached hydrogen (secondary N) is 1. The van der Waals surface area contributed by atoms with Gasteiger partial charge in [0, 0.05) is 21.9 Å². The zero-order chi connectivity index (χ0) is 15.5. The van der Waals surface area contributed by atoms with Crippen LogP contribution in [0.25, 0.3) is 0 Å². The Hall–Kier alpha value is -0.380. The second kappa shape index (κ2) is 7.26. The molecule has 1 aliphatic rings. The summed E-state index contributed by atoms with van der Waals surface area (Å²) in [4.78, 5) is 0. The monoisotopic (exact) mass is 327 g/mol. The van der Waals surface area contributed by atoms with Crippen LogP contribution >= 0.6 is 11.6 Å². The number of hydrogen-bond acceptors (Lipinski definition) is 2. The largest absolute Gasteiger partial charge is 0.313 e. The molecule has 0 radical (unpaired) electrons. The molecule has 1 saturated carbocycles. The average molecular weight is 328 g/mol. The highest BCUT2D eigenvalue weighted by Gasteiger charge is 2.41. The van der Waals surface area contributed by atoms with Crippen molar-refractivity contribution in [3.63, 3.8) is 0 Å². The minimum absolute atomic E-state index is 0.203. The van der Waals surface area contributed by atoms with Gasteiger partial charge in [-0.2, -0.15) is 0 Å². The maximum absolute atomic E-state index is 12.9. The van der Waals surface area contributed by atoms with Crippen molar-refractivity contribution in [1.82, 2.24) is 5.32 Å².